The zero-order valence-corrected chi connectivity index (χ0v) is 16.5. The Balaban J connectivity index is 1.27. The van der Waals surface area contributed by atoms with Gasteiger partial charge in [0.05, 0.1) is 11.9 Å². The summed E-state index contributed by atoms with van der Waals surface area (Å²) in [6.07, 6.45) is 3.48. The van der Waals surface area contributed by atoms with Gasteiger partial charge in [-0.3, -0.25) is 9.89 Å². The fraction of sp³-hybridized carbons (Fsp3) is 0. The van der Waals surface area contributed by atoms with Gasteiger partial charge in [0.1, 0.15) is 5.69 Å². The maximum atomic E-state index is 12.4. The van der Waals surface area contributed by atoms with Crippen molar-refractivity contribution in [3.05, 3.63) is 102 Å². The summed E-state index contributed by atoms with van der Waals surface area (Å²) in [5.74, 6) is -0.351. The Morgan fingerprint density at radius 1 is 0.871 bits per heavy atom. The molecule has 1 amide bonds. The summed E-state index contributed by atoms with van der Waals surface area (Å²) in [4.78, 5) is 15.6. The summed E-state index contributed by atoms with van der Waals surface area (Å²) in [6.45, 7) is 0. The number of fused-ring (bicyclic) bond motifs is 1. The Morgan fingerprint density at radius 3 is 2.42 bits per heavy atom. The molecule has 0 aliphatic heterocycles. The number of carbonyl (C=O) groups excluding carboxylic acids is 1. The SMILES string of the molecule is O=C(N/N=C\c1c[nH]c2ccccc12)c1cc(-c2ccc(-c3ccccc3)cc2)n[nH]1. The van der Waals surface area contributed by atoms with Crippen LogP contribution in [0.1, 0.15) is 16.1 Å². The maximum absolute atomic E-state index is 12.4. The molecular formula is C25H19N5O. The van der Waals surface area contributed by atoms with E-state index in [1.807, 2.05) is 72.9 Å². The molecule has 0 radical (unpaired) electrons. The number of hydrogen-bond acceptors (Lipinski definition) is 3. The summed E-state index contributed by atoms with van der Waals surface area (Å²) in [5, 5.41) is 12.2. The normalized spacial score (nSPS) is 11.2. The fourth-order valence-electron chi connectivity index (χ4n) is 3.47. The van der Waals surface area contributed by atoms with Crippen LogP contribution in [0.15, 0.2) is 96.2 Å². The van der Waals surface area contributed by atoms with E-state index in [9.17, 15) is 4.79 Å². The quantitative estimate of drug-likeness (QED) is 0.284. The van der Waals surface area contributed by atoms with Crippen molar-refractivity contribution in [3.8, 4) is 22.4 Å². The minimum absolute atomic E-state index is 0.346. The van der Waals surface area contributed by atoms with E-state index in [2.05, 4.69) is 37.8 Å². The van der Waals surface area contributed by atoms with Gasteiger partial charge in [0, 0.05) is 28.2 Å². The molecule has 0 saturated carbocycles. The molecule has 3 aromatic carbocycles. The standard InChI is InChI=1S/C25H19N5O/c31-25(30-27-16-20-15-26-22-9-5-4-8-21(20)22)24-14-23(28-29-24)19-12-10-18(11-13-19)17-6-2-1-3-7-17/h1-16,26H,(H,28,29)(H,30,31)/b27-16-. The maximum Gasteiger partial charge on any atom is 0.289 e. The molecule has 6 nitrogen and oxygen atoms in total. The van der Waals surface area contributed by atoms with Crippen LogP contribution in [0.4, 0.5) is 0 Å². The van der Waals surface area contributed by atoms with Crippen molar-refractivity contribution >= 4 is 23.0 Å². The van der Waals surface area contributed by atoms with Crippen molar-refractivity contribution in [2.24, 2.45) is 5.10 Å². The van der Waals surface area contributed by atoms with Gasteiger partial charge in [0.2, 0.25) is 0 Å². The van der Waals surface area contributed by atoms with Crippen LogP contribution in [0, 0.1) is 0 Å². The van der Waals surface area contributed by atoms with E-state index in [0.29, 0.717) is 11.4 Å². The van der Waals surface area contributed by atoms with Crippen LogP contribution in [-0.2, 0) is 0 Å². The predicted molar refractivity (Wildman–Crippen MR) is 123 cm³/mol. The first-order valence-electron chi connectivity index (χ1n) is 9.89. The van der Waals surface area contributed by atoms with Crippen LogP contribution < -0.4 is 5.43 Å². The highest BCUT2D eigenvalue weighted by Crippen LogP contribution is 2.24. The summed E-state index contributed by atoms with van der Waals surface area (Å²) >= 11 is 0. The van der Waals surface area contributed by atoms with Crippen LogP contribution >= 0.6 is 0 Å². The van der Waals surface area contributed by atoms with Gasteiger partial charge in [-0.2, -0.15) is 10.2 Å². The van der Waals surface area contributed by atoms with E-state index in [1.54, 1.807) is 12.3 Å². The van der Waals surface area contributed by atoms with E-state index in [-0.39, 0.29) is 5.91 Å². The second-order valence-corrected chi connectivity index (χ2v) is 7.10. The summed E-state index contributed by atoms with van der Waals surface area (Å²) in [6, 6.07) is 27.9. The Labute approximate surface area is 178 Å². The molecule has 0 bridgehead atoms. The topological polar surface area (TPSA) is 85.9 Å². The van der Waals surface area contributed by atoms with Crippen molar-refractivity contribution in [2.75, 3.05) is 0 Å². The van der Waals surface area contributed by atoms with Gasteiger partial charge in [-0.1, -0.05) is 72.8 Å². The van der Waals surface area contributed by atoms with Crippen molar-refractivity contribution in [2.45, 2.75) is 0 Å². The average molecular weight is 405 g/mol. The number of para-hydroxylation sites is 1. The molecule has 0 unspecified atom stereocenters. The number of amides is 1. The molecule has 5 aromatic rings. The first-order chi connectivity index (χ1) is 15.3. The Kier molecular flexibility index (Phi) is 4.86. The number of aromatic amines is 2. The Bertz CT molecular complexity index is 1360. The number of rotatable bonds is 5. The van der Waals surface area contributed by atoms with Crippen LogP contribution in [-0.4, -0.2) is 27.3 Å². The lowest BCUT2D eigenvalue weighted by molar-refractivity contribution is 0.0950. The fourth-order valence-corrected chi connectivity index (χ4v) is 3.47. The van der Waals surface area contributed by atoms with Crippen LogP contribution in [0.2, 0.25) is 0 Å². The highest BCUT2D eigenvalue weighted by Gasteiger charge is 2.11. The van der Waals surface area contributed by atoms with Crippen LogP contribution in [0.25, 0.3) is 33.3 Å². The number of aromatic nitrogens is 3. The summed E-state index contributed by atoms with van der Waals surface area (Å²) in [5.41, 5.74) is 8.72. The van der Waals surface area contributed by atoms with Crippen molar-refractivity contribution in [3.63, 3.8) is 0 Å². The first kappa shape index (κ1) is 18.6. The molecule has 0 saturated heterocycles. The second-order valence-electron chi connectivity index (χ2n) is 7.10. The number of nitrogens with zero attached hydrogens (tertiary/aromatic N) is 2. The first-order valence-corrected chi connectivity index (χ1v) is 9.89. The van der Waals surface area contributed by atoms with E-state index in [1.165, 1.54) is 0 Å². The minimum Gasteiger partial charge on any atom is -0.361 e. The van der Waals surface area contributed by atoms with Crippen LogP contribution in [0.3, 0.4) is 0 Å². The number of nitrogens with one attached hydrogen (secondary N) is 3. The molecule has 5 rings (SSSR count). The van der Waals surface area contributed by atoms with Crippen LogP contribution in [0.5, 0.6) is 0 Å². The lowest BCUT2D eigenvalue weighted by Gasteiger charge is -2.02. The number of benzene rings is 3. The third-order valence-corrected chi connectivity index (χ3v) is 5.10. The molecule has 2 aromatic heterocycles. The average Bonchev–Trinajstić information content (AvgIpc) is 3.48. The van der Waals surface area contributed by atoms with Crippen molar-refractivity contribution < 1.29 is 4.79 Å². The molecule has 0 aliphatic rings. The van der Waals surface area contributed by atoms with Gasteiger partial charge in [0.15, 0.2) is 0 Å². The third kappa shape index (κ3) is 3.86. The van der Waals surface area contributed by atoms with Crippen molar-refractivity contribution in [1.29, 1.82) is 0 Å². The molecular weight excluding hydrogens is 386 g/mol. The highest BCUT2D eigenvalue weighted by molar-refractivity contribution is 6.00. The van der Waals surface area contributed by atoms with E-state index >= 15 is 0 Å². The third-order valence-electron chi connectivity index (χ3n) is 5.10. The lowest BCUT2D eigenvalue weighted by Crippen LogP contribution is -2.17. The predicted octanol–water partition coefficient (Wildman–Crippen LogP) is 4.99. The lowest BCUT2D eigenvalue weighted by atomic mass is 10.0. The van der Waals surface area contributed by atoms with Gasteiger partial charge in [-0.25, -0.2) is 5.43 Å². The minimum atomic E-state index is -0.351. The van der Waals surface area contributed by atoms with Gasteiger partial charge in [0.25, 0.3) is 5.91 Å². The molecule has 150 valence electrons. The van der Waals surface area contributed by atoms with Gasteiger partial charge in [-0.05, 0) is 23.3 Å². The van der Waals surface area contributed by atoms with Gasteiger partial charge >= 0.3 is 0 Å². The van der Waals surface area contributed by atoms with E-state index in [0.717, 1.165) is 33.2 Å². The molecule has 2 heterocycles. The molecule has 6 heteroatoms. The smallest absolute Gasteiger partial charge is 0.289 e. The molecule has 0 fully saturated rings. The summed E-state index contributed by atoms with van der Waals surface area (Å²) < 4.78 is 0. The van der Waals surface area contributed by atoms with E-state index < -0.39 is 0 Å². The highest BCUT2D eigenvalue weighted by atomic mass is 16.2. The zero-order valence-electron chi connectivity index (χ0n) is 16.5. The molecule has 0 atom stereocenters. The molecule has 3 N–H and O–H groups in total. The second kappa shape index (κ2) is 8.12. The number of carbonyl (C=O) groups is 1. The monoisotopic (exact) mass is 405 g/mol. The van der Waals surface area contributed by atoms with E-state index in [4.69, 9.17) is 0 Å². The molecule has 0 spiro atoms. The Morgan fingerprint density at radius 2 is 1.58 bits per heavy atom. The van der Waals surface area contributed by atoms with Gasteiger partial charge < -0.3 is 4.98 Å². The number of H-pyrrole nitrogens is 2. The number of hydrogen-bond donors (Lipinski definition) is 3. The zero-order chi connectivity index (χ0) is 21.0. The van der Waals surface area contributed by atoms with Gasteiger partial charge in [-0.15, -0.1) is 0 Å². The molecule has 0 aliphatic carbocycles. The largest absolute Gasteiger partial charge is 0.361 e. The number of hydrazone groups is 1. The molecule has 31 heavy (non-hydrogen) atoms. The Hall–Kier alpha value is -4.45. The summed E-state index contributed by atoms with van der Waals surface area (Å²) in [7, 11) is 0. The van der Waals surface area contributed by atoms with Crippen molar-refractivity contribution in [1.82, 2.24) is 20.6 Å².